The van der Waals surface area contributed by atoms with Crippen LogP contribution in [0.3, 0.4) is 0 Å². The largest absolute Gasteiger partial charge is 0.468 e. The summed E-state index contributed by atoms with van der Waals surface area (Å²) < 4.78 is 4.64. The van der Waals surface area contributed by atoms with Gasteiger partial charge in [-0.1, -0.05) is 6.92 Å². The molecule has 0 aromatic heterocycles. The predicted octanol–water partition coefficient (Wildman–Crippen LogP) is -0.501. The molecular formula is C8H16N2O2. The minimum Gasteiger partial charge on any atom is -0.468 e. The summed E-state index contributed by atoms with van der Waals surface area (Å²) in [6.07, 6.45) is 1.03. The Bertz CT molecular complexity index is 161. The molecule has 0 aromatic carbocycles. The number of hydrogen-bond donors (Lipinski definition) is 2. The van der Waals surface area contributed by atoms with Gasteiger partial charge in [-0.15, -0.1) is 0 Å². The molecule has 4 heteroatoms. The predicted molar refractivity (Wildman–Crippen MR) is 45.9 cm³/mol. The van der Waals surface area contributed by atoms with Crippen molar-refractivity contribution in [2.24, 2.45) is 0 Å². The SMILES string of the molecule is CCC1CNCC(C(=O)OC)N1. The molecule has 0 amide bonds. The Morgan fingerprint density at radius 1 is 1.58 bits per heavy atom. The highest BCUT2D eigenvalue weighted by molar-refractivity contribution is 5.76. The van der Waals surface area contributed by atoms with Gasteiger partial charge in [-0.3, -0.25) is 10.1 Å². The van der Waals surface area contributed by atoms with Gasteiger partial charge in [-0.25, -0.2) is 0 Å². The summed E-state index contributed by atoms with van der Waals surface area (Å²) in [5.74, 6) is -0.180. The lowest BCUT2D eigenvalue weighted by Crippen LogP contribution is -2.57. The van der Waals surface area contributed by atoms with Gasteiger partial charge in [0, 0.05) is 19.1 Å². The minimum atomic E-state index is -0.180. The zero-order chi connectivity index (χ0) is 8.97. The third-order valence-corrected chi connectivity index (χ3v) is 2.15. The number of piperazine rings is 1. The first-order valence-electron chi connectivity index (χ1n) is 4.32. The lowest BCUT2D eigenvalue weighted by atomic mass is 10.1. The zero-order valence-corrected chi connectivity index (χ0v) is 7.59. The zero-order valence-electron chi connectivity index (χ0n) is 7.59. The van der Waals surface area contributed by atoms with Crippen molar-refractivity contribution in [3.8, 4) is 0 Å². The smallest absolute Gasteiger partial charge is 0.324 e. The molecule has 0 radical (unpaired) electrons. The first-order valence-corrected chi connectivity index (χ1v) is 4.32. The summed E-state index contributed by atoms with van der Waals surface area (Å²) in [6, 6.07) is 0.219. The Morgan fingerprint density at radius 2 is 2.33 bits per heavy atom. The van der Waals surface area contributed by atoms with E-state index in [0.717, 1.165) is 13.0 Å². The monoisotopic (exact) mass is 172 g/mol. The molecule has 12 heavy (non-hydrogen) atoms. The van der Waals surface area contributed by atoms with Gasteiger partial charge in [0.25, 0.3) is 0 Å². The van der Waals surface area contributed by atoms with E-state index in [9.17, 15) is 4.79 Å². The van der Waals surface area contributed by atoms with Crippen molar-refractivity contribution in [1.29, 1.82) is 0 Å². The molecule has 2 atom stereocenters. The van der Waals surface area contributed by atoms with Gasteiger partial charge in [0.15, 0.2) is 0 Å². The van der Waals surface area contributed by atoms with Crippen LogP contribution in [0.15, 0.2) is 0 Å². The quantitative estimate of drug-likeness (QED) is 0.551. The highest BCUT2D eigenvalue weighted by Crippen LogP contribution is 1.99. The second-order valence-electron chi connectivity index (χ2n) is 3.01. The Labute approximate surface area is 72.7 Å². The van der Waals surface area contributed by atoms with E-state index in [-0.39, 0.29) is 12.0 Å². The fourth-order valence-corrected chi connectivity index (χ4v) is 1.36. The van der Waals surface area contributed by atoms with E-state index in [2.05, 4.69) is 22.3 Å². The van der Waals surface area contributed by atoms with Gasteiger partial charge < -0.3 is 10.1 Å². The maximum absolute atomic E-state index is 11.1. The van der Waals surface area contributed by atoms with E-state index in [4.69, 9.17) is 0 Å². The normalized spacial score (nSPS) is 29.8. The Balaban J connectivity index is 2.40. The van der Waals surface area contributed by atoms with Crippen LogP contribution in [0.1, 0.15) is 13.3 Å². The molecule has 1 aliphatic rings. The van der Waals surface area contributed by atoms with Crippen LogP contribution in [-0.2, 0) is 9.53 Å². The maximum Gasteiger partial charge on any atom is 0.324 e. The second kappa shape index (κ2) is 4.42. The van der Waals surface area contributed by atoms with Gasteiger partial charge in [0.2, 0.25) is 0 Å². The van der Waals surface area contributed by atoms with Gasteiger partial charge >= 0.3 is 5.97 Å². The lowest BCUT2D eigenvalue weighted by Gasteiger charge is -2.29. The van der Waals surface area contributed by atoms with Crippen LogP contribution < -0.4 is 10.6 Å². The fourth-order valence-electron chi connectivity index (χ4n) is 1.36. The van der Waals surface area contributed by atoms with Crippen LogP contribution >= 0.6 is 0 Å². The molecule has 1 rings (SSSR count). The Hall–Kier alpha value is -0.610. The summed E-state index contributed by atoms with van der Waals surface area (Å²) in [4.78, 5) is 11.1. The number of carbonyl (C=O) groups is 1. The number of methoxy groups -OCH3 is 1. The van der Waals surface area contributed by atoms with Crippen molar-refractivity contribution < 1.29 is 9.53 Å². The van der Waals surface area contributed by atoms with Crippen molar-refractivity contribution in [2.75, 3.05) is 20.2 Å². The third-order valence-electron chi connectivity index (χ3n) is 2.15. The van der Waals surface area contributed by atoms with Crippen LogP contribution in [0.2, 0.25) is 0 Å². The summed E-state index contributed by atoms with van der Waals surface area (Å²) in [5.41, 5.74) is 0. The molecule has 0 spiro atoms. The molecular weight excluding hydrogens is 156 g/mol. The molecule has 0 saturated carbocycles. The van der Waals surface area contributed by atoms with Crippen molar-refractivity contribution in [3.05, 3.63) is 0 Å². The van der Waals surface area contributed by atoms with Crippen LogP contribution in [0.5, 0.6) is 0 Å². The molecule has 0 aromatic rings. The number of nitrogens with one attached hydrogen (secondary N) is 2. The molecule has 70 valence electrons. The first-order chi connectivity index (χ1) is 5.77. The molecule has 4 nitrogen and oxygen atoms in total. The number of carbonyl (C=O) groups excluding carboxylic acids is 1. The highest BCUT2D eigenvalue weighted by Gasteiger charge is 2.25. The van der Waals surface area contributed by atoms with Crippen molar-refractivity contribution in [1.82, 2.24) is 10.6 Å². The molecule has 2 N–H and O–H groups in total. The highest BCUT2D eigenvalue weighted by atomic mass is 16.5. The average Bonchev–Trinajstić information content (AvgIpc) is 2.17. The summed E-state index contributed by atoms with van der Waals surface area (Å²) in [6.45, 7) is 3.70. The molecule has 2 unspecified atom stereocenters. The van der Waals surface area contributed by atoms with Crippen molar-refractivity contribution >= 4 is 5.97 Å². The van der Waals surface area contributed by atoms with Gasteiger partial charge in [0.05, 0.1) is 7.11 Å². The Kier molecular flexibility index (Phi) is 3.49. The lowest BCUT2D eigenvalue weighted by molar-refractivity contribution is -0.143. The molecule has 1 saturated heterocycles. The number of rotatable bonds is 2. The standard InChI is InChI=1S/C8H16N2O2/c1-3-6-4-9-5-7(10-6)8(11)12-2/h6-7,9-10H,3-5H2,1-2H3. The second-order valence-corrected chi connectivity index (χ2v) is 3.01. The molecule has 1 fully saturated rings. The van der Waals surface area contributed by atoms with Crippen LogP contribution in [0.25, 0.3) is 0 Å². The maximum atomic E-state index is 11.1. The van der Waals surface area contributed by atoms with Gasteiger partial charge in [-0.2, -0.15) is 0 Å². The van der Waals surface area contributed by atoms with E-state index < -0.39 is 0 Å². The molecule has 0 aliphatic carbocycles. The topological polar surface area (TPSA) is 50.4 Å². The van der Waals surface area contributed by atoms with Crippen LogP contribution in [0, 0.1) is 0 Å². The number of ether oxygens (including phenoxy) is 1. The van der Waals surface area contributed by atoms with E-state index in [0.29, 0.717) is 12.6 Å². The Morgan fingerprint density at radius 3 is 2.92 bits per heavy atom. The van der Waals surface area contributed by atoms with Gasteiger partial charge in [-0.05, 0) is 6.42 Å². The number of hydrogen-bond acceptors (Lipinski definition) is 4. The van der Waals surface area contributed by atoms with Crippen molar-refractivity contribution in [2.45, 2.75) is 25.4 Å². The summed E-state index contributed by atoms with van der Waals surface area (Å²) in [7, 11) is 1.42. The molecule has 1 aliphatic heterocycles. The fraction of sp³-hybridized carbons (Fsp3) is 0.875. The van der Waals surface area contributed by atoms with E-state index in [1.165, 1.54) is 7.11 Å². The summed E-state index contributed by atoms with van der Waals surface area (Å²) in [5, 5.41) is 6.40. The van der Waals surface area contributed by atoms with Crippen LogP contribution in [-0.4, -0.2) is 38.3 Å². The van der Waals surface area contributed by atoms with E-state index in [1.807, 2.05) is 0 Å². The molecule has 0 bridgehead atoms. The van der Waals surface area contributed by atoms with E-state index in [1.54, 1.807) is 0 Å². The third kappa shape index (κ3) is 2.19. The number of esters is 1. The summed E-state index contributed by atoms with van der Waals surface area (Å²) >= 11 is 0. The minimum absolute atomic E-state index is 0.173. The van der Waals surface area contributed by atoms with Gasteiger partial charge in [0.1, 0.15) is 6.04 Å². The van der Waals surface area contributed by atoms with Crippen LogP contribution in [0.4, 0.5) is 0 Å². The van der Waals surface area contributed by atoms with E-state index >= 15 is 0 Å². The molecule has 1 heterocycles. The van der Waals surface area contributed by atoms with Crippen molar-refractivity contribution in [3.63, 3.8) is 0 Å². The first kappa shape index (κ1) is 9.48. The average molecular weight is 172 g/mol.